The highest BCUT2D eigenvalue weighted by molar-refractivity contribution is 7.80. The molecule has 5 heteroatoms. The van der Waals surface area contributed by atoms with Crippen molar-refractivity contribution in [3.63, 3.8) is 0 Å². The molecule has 0 spiro atoms. The number of nitrogens with one attached hydrogen (secondary N) is 2. The van der Waals surface area contributed by atoms with Crippen LogP contribution in [0.25, 0.3) is 0 Å². The first kappa shape index (κ1) is 20.3. The van der Waals surface area contributed by atoms with Crippen LogP contribution in [0.4, 0.5) is 5.69 Å². The molecule has 2 aromatic rings. The van der Waals surface area contributed by atoms with Gasteiger partial charge in [0.1, 0.15) is 12.4 Å². The molecular formula is C23H28N2O2S. The summed E-state index contributed by atoms with van der Waals surface area (Å²) < 4.78 is 5.92. The molecule has 1 aliphatic rings. The van der Waals surface area contributed by atoms with Gasteiger partial charge in [0.25, 0.3) is 0 Å². The molecule has 0 unspecified atom stereocenters. The minimum Gasteiger partial charge on any atom is -0.487 e. The molecule has 148 valence electrons. The molecule has 3 rings (SSSR count). The Morgan fingerprint density at radius 3 is 2.50 bits per heavy atom. The van der Waals surface area contributed by atoms with Gasteiger partial charge in [-0.25, -0.2) is 0 Å². The average Bonchev–Trinajstić information content (AvgIpc) is 2.73. The van der Waals surface area contributed by atoms with Gasteiger partial charge in [0.2, 0.25) is 5.91 Å². The van der Waals surface area contributed by atoms with Crippen LogP contribution in [0.5, 0.6) is 5.75 Å². The normalized spacial score (nSPS) is 14.3. The molecule has 2 aromatic carbocycles. The molecule has 0 atom stereocenters. The Labute approximate surface area is 172 Å². The Morgan fingerprint density at radius 1 is 1.00 bits per heavy atom. The van der Waals surface area contributed by atoms with Crippen LogP contribution in [0.15, 0.2) is 54.6 Å². The molecule has 0 radical (unpaired) electrons. The molecule has 1 saturated carbocycles. The van der Waals surface area contributed by atoms with Gasteiger partial charge in [-0.2, -0.15) is 0 Å². The lowest BCUT2D eigenvalue weighted by atomic mass is 9.86. The Morgan fingerprint density at radius 2 is 1.71 bits per heavy atom. The maximum absolute atomic E-state index is 12.2. The first-order chi connectivity index (χ1) is 13.7. The number of thiocarbonyl (C=S) groups is 1. The van der Waals surface area contributed by atoms with E-state index in [9.17, 15) is 4.79 Å². The van der Waals surface area contributed by atoms with E-state index in [1.807, 2.05) is 54.6 Å². The Kier molecular flexibility index (Phi) is 7.85. The van der Waals surface area contributed by atoms with E-state index < -0.39 is 0 Å². The summed E-state index contributed by atoms with van der Waals surface area (Å²) in [6.45, 7) is 0.472. The zero-order chi connectivity index (χ0) is 19.6. The van der Waals surface area contributed by atoms with Crippen molar-refractivity contribution in [2.24, 2.45) is 5.92 Å². The molecule has 1 amide bonds. The number of hydrogen-bond donors (Lipinski definition) is 2. The van der Waals surface area contributed by atoms with Crippen LogP contribution in [0.3, 0.4) is 0 Å². The third-order valence-corrected chi connectivity index (χ3v) is 5.33. The molecule has 2 N–H and O–H groups in total. The molecular weight excluding hydrogens is 368 g/mol. The second-order valence-electron chi connectivity index (χ2n) is 7.32. The number of hydrogen-bond acceptors (Lipinski definition) is 3. The maximum Gasteiger partial charge on any atom is 0.226 e. The van der Waals surface area contributed by atoms with E-state index in [0.717, 1.165) is 17.7 Å². The van der Waals surface area contributed by atoms with Crippen LogP contribution in [-0.4, -0.2) is 11.0 Å². The Hall–Kier alpha value is -2.40. The standard InChI is InChI=1S/C23H28N2O2S/c26-22(16-15-18-9-3-1-4-10-18)25-23(28)24-20-13-7-8-14-21(20)27-17-19-11-5-2-6-12-19/h2,5-8,11-14,18H,1,3-4,9-10,15-17H2,(H2,24,25,26,28). The summed E-state index contributed by atoms with van der Waals surface area (Å²) in [7, 11) is 0. The molecule has 0 aliphatic heterocycles. The monoisotopic (exact) mass is 396 g/mol. The summed E-state index contributed by atoms with van der Waals surface area (Å²) in [6, 6.07) is 17.6. The van der Waals surface area contributed by atoms with Crippen LogP contribution in [-0.2, 0) is 11.4 Å². The number of carbonyl (C=O) groups excluding carboxylic acids is 1. The first-order valence-electron chi connectivity index (χ1n) is 10.1. The zero-order valence-electron chi connectivity index (χ0n) is 16.2. The van der Waals surface area contributed by atoms with Gasteiger partial charge in [-0.05, 0) is 42.3 Å². The minimum absolute atomic E-state index is 0.0224. The molecule has 28 heavy (non-hydrogen) atoms. The smallest absolute Gasteiger partial charge is 0.226 e. The first-order valence-corrected chi connectivity index (χ1v) is 10.5. The van der Waals surface area contributed by atoms with Gasteiger partial charge in [-0.15, -0.1) is 0 Å². The second-order valence-corrected chi connectivity index (χ2v) is 7.72. The summed E-state index contributed by atoms with van der Waals surface area (Å²) in [5.74, 6) is 1.36. The topological polar surface area (TPSA) is 50.4 Å². The highest BCUT2D eigenvalue weighted by Crippen LogP contribution is 2.27. The lowest BCUT2D eigenvalue weighted by Gasteiger charge is -2.21. The van der Waals surface area contributed by atoms with Crippen LogP contribution >= 0.6 is 12.2 Å². The largest absolute Gasteiger partial charge is 0.487 e. The van der Waals surface area contributed by atoms with Gasteiger partial charge in [-0.3, -0.25) is 4.79 Å². The lowest BCUT2D eigenvalue weighted by molar-refractivity contribution is -0.120. The molecule has 1 aliphatic carbocycles. The van der Waals surface area contributed by atoms with Crippen LogP contribution in [0.2, 0.25) is 0 Å². The summed E-state index contributed by atoms with van der Waals surface area (Å²) in [4.78, 5) is 12.2. The number of para-hydroxylation sites is 2. The Balaban J connectivity index is 1.47. The van der Waals surface area contributed by atoms with Crippen LogP contribution < -0.4 is 15.4 Å². The van der Waals surface area contributed by atoms with E-state index in [0.29, 0.717) is 29.8 Å². The predicted octanol–water partition coefficient (Wildman–Crippen LogP) is 5.44. The van der Waals surface area contributed by atoms with Gasteiger partial charge in [0, 0.05) is 6.42 Å². The minimum atomic E-state index is -0.0224. The van der Waals surface area contributed by atoms with E-state index in [2.05, 4.69) is 10.6 Å². The van der Waals surface area contributed by atoms with Crippen molar-refractivity contribution in [1.29, 1.82) is 0 Å². The zero-order valence-corrected chi connectivity index (χ0v) is 17.0. The highest BCUT2D eigenvalue weighted by Gasteiger charge is 2.15. The van der Waals surface area contributed by atoms with E-state index >= 15 is 0 Å². The van der Waals surface area contributed by atoms with Crippen LogP contribution in [0.1, 0.15) is 50.5 Å². The van der Waals surface area contributed by atoms with Crippen molar-refractivity contribution < 1.29 is 9.53 Å². The fourth-order valence-corrected chi connectivity index (χ4v) is 3.81. The molecule has 1 fully saturated rings. The summed E-state index contributed by atoms with van der Waals surface area (Å²) in [5, 5.41) is 6.19. The van der Waals surface area contributed by atoms with E-state index in [1.54, 1.807) is 0 Å². The highest BCUT2D eigenvalue weighted by atomic mass is 32.1. The number of carbonyl (C=O) groups is 1. The molecule has 4 nitrogen and oxygen atoms in total. The van der Waals surface area contributed by atoms with Gasteiger partial charge in [-0.1, -0.05) is 74.6 Å². The quantitative estimate of drug-likeness (QED) is 0.612. The number of ether oxygens (including phenoxy) is 1. The van der Waals surface area contributed by atoms with Crippen molar-refractivity contribution in [2.75, 3.05) is 5.32 Å². The van der Waals surface area contributed by atoms with Crippen molar-refractivity contribution in [2.45, 2.75) is 51.6 Å². The number of anilines is 1. The third kappa shape index (κ3) is 6.64. The van der Waals surface area contributed by atoms with Crippen molar-refractivity contribution >= 4 is 28.9 Å². The Bertz CT molecular complexity index is 773. The van der Waals surface area contributed by atoms with Crippen LogP contribution in [0, 0.1) is 5.92 Å². The molecule has 0 saturated heterocycles. The van der Waals surface area contributed by atoms with Gasteiger partial charge < -0.3 is 15.4 Å². The van der Waals surface area contributed by atoms with Crippen molar-refractivity contribution in [1.82, 2.24) is 5.32 Å². The van der Waals surface area contributed by atoms with Gasteiger partial charge >= 0.3 is 0 Å². The number of rotatable bonds is 7. The van der Waals surface area contributed by atoms with E-state index in [-0.39, 0.29) is 5.91 Å². The summed E-state index contributed by atoms with van der Waals surface area (Å²) in [6.07, 6.45) is 7.91. The molecule has 0 aromatic heterocycles. The summed E-state index contributed by atoms with van der Waals surface area (Å²) in [5.41, 5.74) is 1.84. The molecule has 0 bridgehead atoms. The number of benzene rings is 2. The second kappa shape index (κ2) is 10.8. The predicted molar refractivity (Wildman–Crippen MR) is 117 cm³/mol. The number of amides is 1. The van der Waals surface area contributed by atoms with Crippen molar-refractivity contribution in [3.05, 3.63) is 60.2 Å². The van der Waals surface area contributed by atoms with Gasteiger partial charge in [0.05, 0.1) is 5.69 Å². The average molecular weight is 397 g/mol. The third-order valence-electron chi connectivity index (χ3n) is 5.13. The fourth-order valence-electron chi connectivity index (χ4n) is 3.58. The van der Waals surface area contributed by atoms with Gasteiger partial charge in [0.15, 0.2) is 5.11 Å². The fraction of sp³-hybridized carbons (Fsp3) is 0.391. The van der Waals surface area contributed by atoms with E-state index in [4.69, 9.17) is 17.0 Å². The molecule has 0 heterocycles. The lowest BCUT2D eigenvalue weighted by Crippen LogP contribution is -2.34. The summed E-state index contributed by atoms with van der Waals surface area (Å²) >= 11 is 5.32. The SMILES string of the molecule is O=C(CCC1CCCCC1)NC(=S)Nc1ccccc1OCc1ccccc1. The maximum atomic E-state index is 12.2. The van der Waals surface area contributed by atoms with E-state index in [1.165, 1.54) is 32.1 Å². The van der Waals surface area contributed by atoms with Crippen molar-refractivity contribution in [3.8, 4) is 5.75 Å².